The minimum Gasteiger partial charge on any atom is -0.339 e. The fourth-order valence-corrected chi connectivity index (χ4v) is 3.49. The molecule has 0 unspecified atom stereocenters. The van der Waals surface area contributed by atoms with E-state index < -0.39 is 11.7 Å². The Balaban J connectivity index is 1.87. The van der Waals surface area contributed by atoms with Crippen molar-refractivity contribution in [1.82, 2.24) is 15.0 Å². The molecule has 29 heavy (non-hydrogen) atoms. The number of fused-ring (bicyclic) bond motifs is 3. The van der Waals surface area contributed by atoms with Crippen LogP contribution in [0.3, 0.4) is 0 Å². The Bertz CT molecular complexity index is 1320. The topological polar surface area (TPSA) is 41.6 Å². The van der Waals surface area contributed by atoms with E-state index in [0.29, 0.717) is 33.5 Å². The van der Waals surface area contributed by atoms with Gasteiger partial charge in [0.25, 0.3) is 0 Å². The van der Waals surface area contributed by atoms with E-state index in [1.54, 1.807) is 0 Å². The van der Waals surface area contributed by atoms with E-state index in [4.69, 9.17) is 4.98 Å². The fraction of sp³-hybridized carbons (Fsp3) is 0.0435. The van der Waals surface area contributed by atoms with E-state index in [1.807, 2.05) is 60.7 Å². The molecule has 5 rings (SSSR count). The molecule has 3 aromatic carbocycles. The van der Waals surface area contributed by atoms with Gasteiger partial charge in [0.15, 0.2) is 5.82 Å². The number of aromatic nitrogens is 3. The molecule has 6 heteroatoms. The summed E-state index contributed by atoms with van der Waals surface area (Å²) in [5, 5.41) is 1.03. The molecule has 0 aliphatic carbocycles. The Morgan fingerprint density at radius 2 is 1.38 bits per heavy atom. The van der Waals surface area contributed by atoms with Crippen molar-refractivity contribution in [2.75, 3.05) is 0 Å². The molecule has 0 aliphatic heterocycles. The van der Waals surface area contributed by atoms with Crippen LogP contribution in [0.25, 0.3) is 44.6 Å². The third kappa shape index (κ3) is 3.02. The van der Waals surface area contributed by atoms with Gasteiger partial charge in [0.1, 0.15) is 5.65 Å². The highest BCUT2D eigenvalue weighted by Gasteiger charge is 2.31. The molecule has 0 bridgehead atoms. The van der Waals surface area contributed by atoms with Crippen molar-refractivity contribution >= 4 is 21.9 Å². The predicted molar refractivity (Wildman–Crippen MR) is 107 cm³/mol. The number of rotatable bonds is 2. The number of alkyl halides is 3. The highest BCUT2D eigenvalue weighted by Crippen LogP contribution is 2.37. The van der Waals surface area contributed by atoms with Crippen LogP contribution in [0.4, 0.5) is 13.2 Å². The van der Waals surface area contributed by atoms with Gasteiger partial charge in [-0.25, -0.2) is 9.97 Å². The first-order valence-corrected chi connectivity index (χ1v) is 9.02. The van der Waals surface area contributed by atoms with Crippen LogP contribution in [0.5, 0.6) is 0 Å². The van der Waals surface area contributed by atoms with Gasteiger partial charge < -0.3 is 4.98 Å². The lowest BCUT2D eigenvalue weighted by atomic mass is 10.0. The van der Waals surface area contributed by atoms with Gasteiger partial charge in [-0.05, 0) is 18.2 Å². The van der Waals surface area contributed by atoms with E-state index >= 15 is 0 Å². The number of benzene rings is 3. The molecule has 0 radical (unpaired) electrons. The van der Waals surface area contributed by atoms with E-state index in [1.165, 1.54) is 6.07 Å². The molecule has 0 spiro atoms. The van der Waals surface area contributed by atoms with Gasteiger partial charge in [0.2, 0.25) is 0 Å². The van der Waals surface area contributed by atoms with E-state index in [9.17, 15) is 13.2 Å². The van der Waals surface area contributed by atoms with Crippen LogP contribution in [-0.2, 0) is 6.18 Å². The largest absolute Gasteiger partial charge is 0.416 e. The standard InChI is InChI=1S/C23H14F3N3/c24-23(25,26)16-11-12-18-17(13-16)19-20(14-7-3-1-4-8-14)28-21(29-22(19)27-18)15-9-5-2-6-10-15/h1-13H,(H,27,28,29). The summed E-state index contributed by atoms with van der Waals surface area (Å²) in [5.41, 5.74) is 2.64. The number of nitrogens with one attached hydrogen (secondary N) is 1. The molecule has 0 amide bonds. The zero-order valence-corrected chi connectivity index (χ0v) is 15.0. The van der Waals surface area contributed by atoms with Crippen molar-refractivity contribution in [2.45, 2.75) is 6.18 Å². The molecular formula is C23H14F3N3. The first-order valence-electron chi connectivity index (χ1n) is 9.02. The molecule has 2 aromatic heterocycles. The average Bonchev–Trinajstić information content (AvgIpc) is 3.11. The Hall–Kier alpha value is -3.67. The highest BCUT2D eigenvalue weighted by atomic mass is 19.4. The van der Waals surface area contributed by atoms with Crippen molar-refractivity contribution < 1.29 is 13.2 Å². The summed E-state index contributed by atoms with van der Waals surface area (Å²) in [6.07, 6.45) is -4.42. The third-order valence-electron chi connectivity index (χ3n) is 4.86. The van der Waals surface area contributed by atoms with Gasteiger partial charge in [-0.1, -0.05) is 60.7 Å². The second-order valence-electron chi connectivity index (χ2n) is 6.73. The van der Waals surface area contributed by atoms with Crippen molar-refractivity contribution in [1.29, 1.82) is 0 Å². The summed E-state index contributed by atoms with van der Waals surface area (Å²) in [4.78, 5) is 12.5. The zero-order chi connectivity index (χ0) is 20.0. The number of aromatic amines is 1. The van der Waals surface area contributed by atoms with Crippen molar-refractivity contribution in [3.05, 3.63) is 84.4 Å². The van der Waals surface area contributed by atoms with Gasteiger partial charge in [-0.3, -0.25) is 0 Å². The number of halogens is 3. The van der Waals surface area contributed by atoms with Gasteiger partial charge >= 0.3 is 6.18 Å². The lowest BCUT2D eigenvalue weighted by molar-refractivity contribution is -0.137. The Kier molecular flexibility index (Phi) is 3.87. The molecule has 3 nitrogen and oxygen atoms in total. The quantitative estimate of drug-likeness (QED) is 0.376. The minimum absolute atomic E-state index is 0.452. The highest BCUT2D eigenvalue weighted by molar-refractivity contribution is 6.12. The van der Waals surface area contributed by atoms with Gasteiger partial charge in [-0.2, -0.15) is 13.2 Å². The summed E-state index contributed by atoms with van der Waals surface area (Å²) < 4.78 is 39.9. The van der Waals surface area contributed by atoms with Crippen molar-refractivity contribution in [2.24, 2.45) is 0 Å². The number of H-pyrrole nitrogens is 1. The first kappa shape index (κ1) is 17.4. The van der Waals surface area contributed by atoms with Crippen LogP contribution < -0.4 is 0 Å². The summed E-state index contributed by atoms with van der Waals surface area (Å²) in [6.45, 7) is 0. The number of hydrogen-bond donors (Lipinski definition) is 1. The van der Waals surface area contributed by atoms with Crippen LogP contribution >= 0.6 is 0 Å². The monoisotopic (exact) mass is 389 g/mol. The number of hydrogen-bond acceptors (Lipinski definition) is 2. The van der Waals surface area contributed by atoms with Crippen LogP contribution in [0.15, 0.2) is 78.9 Å². The summed E-state index contributed by atoms with van der Waals surface area (Å²) in [6, 6.07) is 22.6. The molecule has 2 heterocycles. The van der Waals surface area contributed by atoms with Gasteiger partial charge in [0, 0.05) is 22.0 Å². The van der Waals surface area contributed by atoms with Crippen molar-refractivity contribution in [3.8, 4) is 22.6 Å². The molecule has 0 atom stereocenters. The molecule has 0 saturated carbocycles. The zero-order valence-electron chi connectivity index (χ0n) is 15.0. The first-order chi connectivity index (χ1) is 14.0. The van der Waals surface area contributed by atoms with Crippen LogP contribution in [0, 0.1) is 0 Å². The van der Waals surface area contributed by atoms with Crippen molar-refractivity contribution in [3.63, 3.8) is 0 Å². The normalized spacial score (nSPS) is 12.0. The van der Waals surface area contributed by atoms with E-state index in [2.05, 4.69) is 9.97 Å². The lowest BCUT2D eigenvalue weighted by Gasteiger charge is -2.08. The SMILES string of the molecule is FC(F)(F)c1ccc2[nH]c3nc(-c4ccccc4)nc(-c4ccccc4)c3c2c1. The molecule has 1 N–H and O–H groups in total. The second-order valence-corrected chi connectivity index (χ2v) is 6.73. The van der Waals surface area contributed by atoms with Gasteiger partial charge in [0.05, 0.1) is 16.6 Å². The average molecular weight is 389 g/mol. The smallest absolute Gasteiger partial charge is 0.339 e. The maximum Gasteiger partial charge on any atom is 0.416 e. The Morgan fingerprint density at radius 1 is 0.724 bits per heavy atom. The summed E-state index contributed by atoms with van der Waals surface area (Å²) in [7, 11) is 0. The molecule has 0 fully saturated rings. The lowest BCUT2D eigenvalue weighted by Crippen LogP contribution is -2.04. The van der Waals surface area contributed by atoms with Crippen LogP contribution in [0.2, 0.25) is 0 Å². The summed E-state index contributed by atoms with van der Waals surface area (Å²) >= 11 is 0. The third-order valence-corrected chi connectivity index (χ3v) is 4.86. The molecule has 0 saturated heterocycles. The minimum atomic E-state index is -4.42. The summed E-state index contributed by atoms with van der Waals surface area (Å²) in [5.74, 6) is 0.513. The molecule has 5 aromatic rings. The fourth-order valence-electron chi connectivity index (χ4n) is 3.49. The number of nitrogens with zero attached hydrogens (tertiary/aromatic N) is 2. The van der Waals surface area contributed by atoms with Gasteiger partial charge in [-0.15, -0.1) is 0 Å². The second kappa shape index (κ2) is 6.44. The maximum atomic E-state index is 13.3. The van der Waals surface area contributed by atoms with Crippen LogP contribution in [0.1, 0.15) is 5.56 Å². The van der Waals surface area contributed by atoms with E-state index in [-0.39, 0.29) is 0 Å². The molecule has 0 aliphatic rings. The maximum absolute atomic E-state index is 13.3. The Labute approximate surface area is 163 Å². The van der Waals surface area contributed by atoms with Crippen LogP contribution in [-0.4, -0.2) is 15.0 Å². The molecular weight excluding hydrogens is 375 g/mol. The molecule has 142 valence electrons. The predicted octanol–water partition coefficient (Wildman–Crippen LogP) is 6.46. The Morgan fingerprint density at radius 3 is 2.03 bits per heavy atom. The van der Waals surface area contributed by atoms with E-state index in [0.717, 1.165) is 23.3 Å².